The maximum atomic E-state index is 12.5. The highest BCUT2D eigenvalue weighted by Crippen LogP contribution is 2.37. The molecule has 3 aromatic rings. The standard InChI is InChI=1S/C19H16N4O3S2/c20-10-14-13-8-4-5-9-15(13)28-17(14)21-16(24)11-27-18-19(25)26-22-23(18)12-6-2-1-3-7-12/h1-3,6-7H,4-5,8-9,11H2,(H-,21,22,24,25)/p+1. The highest BCUT2D eigenvalue weighted by atomic mass is 32.2. The Morgan fingerprint density at radius 1 is 1.32 bits per heavy atom. The van der Waals surface area contributed by atoms with Crippen LogP contribution < -0.4 is 15.6 Å². The summed E-state index contributed by atoms with van der Waals surface area (Å²) in [5.74, 6) is -0.233. The molecular weight excluding hydrogens is 396 g/mol. The van der Waals surface area contributed by atoms with Crippen LogP contribution in [0.5, 0.6) is 0 Å². The Morgan fingerprint density at radius 3 is 2.89 bits per heavy atom. The van der Waals surface area contributed by atoms with Gasteiger partial charge in [0.15, 0.2) is 0 Å². The molecular formula is C19H17N4O3S2+. The van der Waals surface area contributed by atoms with E-state index in [1.165, 1.54) is 20.9 Å². The molecule has 2 heterocycles. The van der Waals surface area contributed by atoms with Crippen molar-refractivity contribution in [3.63, 3.8) is 0 Å². The molecule has 28 heavy (non-hydrogen) atoms. The third kappa shape index (κ3) is 3.61. The predicted octanol–water partition coefficient (Wildman–Crippen LogP) is 2.79. The van der Waals surface area contributed by atoms with E-state index in [0.29, 0.717) is 10.6 Å². The van der Waals surface area contributed by atoms with Gasteiger partial charge in [-0.25, -0.2) is 4.79 Å². The smallest absolute Gasteiger partial charge is 0.316 e. The van der Waals surface area contributed by atoms with Gasteiger partial charge in [0.1, 0.15) is 11.1 Å². The van der Waals surface area contributed by atoms with Crippen molar-refractivity contribution in [1.29, 1.82) is 5.26 Å². The van der Waals surface area contributed by atoms with E-state index in [9.17, 15) is 14.9 Å². The van der Waals surface area contributed by atoms with Gasteiger partial charge in [0.05, 0.1) is 11.3 Å². The average molecular weight is 414 g/mol. The molecule has 0 spiro atoms. The lowest BCUT2D eigenvalue weighted by Gasteiger charge is -2.09. The average Bonchev–Trinajstić information content (AvgIpc) is 3.26. The molecule has 0 saturated carbocycles. The van der Waals surface area contributed by atoms with Crippen LogP contribution >= 0.6 is 23.1 Å². The number of thioether (sulfide) groups is 1. The van der Waals surface area contributed by atoms with E-state index >= 15 is 0 Å². The van der Waals surface area contributed by atoms with Gasteiger partial charge in [0, 0.05) is 17.0 Å². The molecule has 9 heteroatoms. The van der Waals surface area contributed by atoms with Crippen LogP contribution in [0.15, 0.2) is 44.7 Å². The number of hydrogen-bond donors (Lipinski definition) is 2. The van der Waals surface area contributed by atoms with Gasteiger partial charge in [-0.05, 0) is 53.0 Å². The van der Waals surface area contributed by atoms with Crippen molar-refractivity contribution < 1.29 is 14.0 Å². The summed E-state index contributed by atoms with van der Waals surface area (Å²) in [6.45, 7) is 0. The van der Waals surface area contributed by atoms with Gasteiger partial charge in [-0.1, -0.05) is 18.2 Å². The number of hydrogen-bond acceptors (Lipinski definition) is 6. The molecule has 7 nitrogen and oxygen atoms in total. The van der Waals surface area contributed by atoms with Crippen LogP contribution in [-0.4, -0.2) is 16.9 Å². The van der Waals surface area contributed by atoms with E-state index < -0.39 is 5.63 Å². The number of fused-ring (bicyclic) bond motifs is 1. The van der Waals surface area contributed by atoms with Gasteiger partial charge in [-0.3, -0.25) is 9.32 Å². The number of aromatic amines is 1. The molecule has 2 aromatic heterocycles. The van der Waals surface area contributed by atoms with Crippen LogP contribution in [0.1, 0.15) is 28.8 Å². The Bertz CT molecular complexity index is 1110. The van der Waals surface area contributed by atoms with Crippen molar-refractivity contribution in [3.05, 3.63) is 56.8 Å². The monoisotopic (exact) mass is 413 g/mol. The SMILES string of the molecule is N#Cc1c(NC(=O)CSc2c(=O)o[nH][n+]2-c2ccccc2)sc2c1CCCC2. The number of aryl methyl sites for hydroxylation is 1. The van der Waals surface area contributed by atoms with E-state index in [4.69, 9.17) is 4.52 Å². The van der Waals surface area contributed by atoms with E-state index in [1.807, 2.05) is 30.3 Å². The number of H-pyrrole nitrogens is 1. The Kier molecular flexibility index (Phi) is 5.32. The van der Waals surface area contributed by atoms with Crippen molar-refractivity contribution in [2.24, 2.45) is 0 Å². The first-order valence-corrected chi connectivity index (χ1v) is 10.6. The minimum Gasteiger partial charge on any atom is -0.316 e. The minimum absolute atomic E-state index is 0.0306. The van der Waals surface area contributed by atoms with Crippen LogP contribution in [-0.2, 0) is 17.6 Å². The second kappa shape index (κ2) is 8.04. The Hall–Kier alpha value is -2.83. The minimum atomic E-state index is -0.536. The fourth-order valence-electron chi connectivity index (χ4n) is 3.20. The lowest BCUT2D eigenvalue weighted by Crippen LogP contribution is -2.36. The number of nitrogens with one attached hydrogen (secondary N) is 2. The van der Waals surface area contributed by atoms with Crippen molar-refractivity contribution in [1.82, 2.24) is 5.27 Å². The molecule has 2 N–H and O–H groups in total. The summed E-state index contributed by atoms with van der Waals surface area (Å²) in [5.41, 5.74) is 1.85. The van der Waals surface area contributed by atoms with Crippen molar-refractivity contribution in [3.8, 4) is 11.8 Å². The summed E-state index contributed by atoms with van der Waals surface area (Å²) < 4.78 is 6.39. The Labute approximate surface area is 168 Å². The number of carbonyl (C=O) groups excluding carboxylic acids is 1. The molecule has 0 unspecified atom stereocenters. The zero-order valence-electron chi connectivity index (χ0n) is 14.9. The normalized spacial score (nSPS) is 13.0. The highest BCUT2D eigenvalue weighted by molar-refractivity contribution is 7.99. The maximum Gasteiger partial charge on any atom is 0.442 e. The first kappa shape index (κ1) is 18.5. The second-order valence-electron chi connectivity index (χ2n) is 6.32. The third-order valence-electron chi connectivity index (χ3n) is 4.50. The first-order chi connectivity index (χ1) is 13.7. The second-order valence-corrected chi connectivity index (χ2v) is 8.39. The van der Waals surface area contributed by atoms with Gasteiger partial charge in [0.2, 0.25) is 11.6 Å². The summed E-state index contributed by atoms with van der Waals surface area (Å²) in [6, 6.07) is 11.4. The zero-order chi connectivity index (χ0) is 19.5. The number of carbonyl (C=O) groups is 1. The zero-order valence-corrected chi connectivity index (χ0v) is 16.5. The number of amides is 1. The Morgan fingerprint density at radius 2 is 2.11 bits per heavy atom. The topological polar surface area (TPSA) is 103 Å². The molecule has 1 amide bonds. The molecule has 142 valence electrons. The van der Waals surface area contributed by atoms with Crippen LogP contribution in [0.2, 0.25) is 0 Å². The van der Waals surface area contributed by atoms with Crippen LogP contribution in [0.3, 0.4) is 0 Å². The number of anilines is 1. The largest absolute Gasteiger partial charge is 0.442 e. The number of aromatic nitrogens is 2. The third-order valence-corrected chi connectivity index (χ3v) is 6.73. The quantitative estimate of drug-likeness (QED) is 0.495. The van der Waals surface area contributed by atoms with Gasteiger partial charge in [-0.15, -0.1) is 11.3 Å². The number of nitrogens with zero attached hydrogens (tertiary/aromatic N) is 2. The maximum absolute atomic E-state index is 12.5. The molecule has 0 saturated heterocycles. The van der Waals surface area contributed by atoms with E-state index in [-0.39, 0.29) is 16.7 Å². The van der Waals surface area contributed by atoms with E-state index in [2.05, 4.69) is 16.7 Å². The van der Waals surface area contributed by atoms with Gasteiger partial charge >= 0.3 is 10.7 Å². The number of thiophene rings is 1. The highest BCUT2D eigenvalue weighted by Gasteiger charge is 2.26. The molecule has 0 aliphatic heterocycles. The lowest BCUT2D eigenvalue weighted by molar-refractivity contribution is -0.704. The molecule has 0 atom stereocenters. The van der Waals surface area contributed by atoms with Gasteiger partial charge in [0.25, 0.3) is 0 Å². The molecule has 0 radical (unpaired) electrons. The summed E-state index contributed by atoms with van der Waals surface area (Å²) >= 11 is 2.57. The molecule has 4 rings (SSSR count). The van der Waals surface area contributed by atoms with Crippen molar-refractivity contribution >= 4 is 34.0 Å². The molecule has 0 bridgehead atoms. The number of para-hydroxylation sites is 1. The van der Waals surface area contributed by atoms with Crippen molar-refractivity contribution in [2.75, 3.05) is 11.1 Å². The fraction of sp³-hybridized carbons (Fsp3) is 0.263. The van der Waals surface area contributed by atoms with E-state index in [0.717, 1.165) is 48.7 Å². The Balaban J connectivity index is 1.48. The van der Waals surface area contributed by atoms with Crippen LogP contribution in [0.25, 0.3) is 5.69 Å². The lowest BCUT2D eigenvalue weighted by atomic mass is 9.96. The number of benzene rings is 1. The first-order valence-electron chi connectivity index (χ1n) is 8.83. The summed E-state index contributed by atoms with van der Waals surface area (Å²) in [5, 5.41) is 15.8. The van der Waals surface area contributed by atoms with Crippen molar-refractivity contribution in [2.45, 2.75) is 30.7 Å². The molecule has 0 fully saturated rings. The van der Waals surface area contributed by atoms with Gasteiger partial charge < -0.3 is 5.32 Å². The fourth-order valence-corrected chi connectivity index (χ4v) is 5.23. The summed E-state index contributed by atoms with van der Waals surface area (Å²) in [7, 11) is 0. The van der Waals surface area contributed by atoms with E-state index in [1.54, 1.807) is 0 Å². The van der Waals surface area contributed by atoms with Crippen LogP contribution in [0, 0.1) is 11.3 Å². The molecule has 1 aliphatic carbocycles. The predicted molar refractivity (Wildman–Crippen MR) is 106 cm³/mol. The van der Waals surface area contributed by atoms with Crippen LogP contribution in [0.4, 0.5) is 5.00 Å². The summed E-state index contributed by atoms with van der Waals surface area (Å²) in [6.07, 6.45) is 4.04. The summed E-state index contributed by atoms with van der Waals surface area (Å²) in [4.78, 5) is 25.7. The number of rotatable bonds is 5. The van der Waals surface area contributed by atoms with Gasteiger partial charge in [-0.2, -0.15) is 5.26 Å². The molecule has 1 aliphatic rings. The molecule has 1 aromatic carbocycles. The number of nitriles is 1.